The number of carbonyl (C=O) groups excluding carboxylic acids is 1. The van der Waals surface area contributed by atoms with Gasteiger partial charge in [0.2, 0.25) is 15.9 Å². The zero-order chi connectivity index (χ0) is 26.4. The molecule has 1 N–H and O–H groups in total. The summed E-state index contributed by atoms with van der Waals surface area (Å²) in [6, 6.07) is 22.9. The Morgan fingerprint density at radius 1 is 1.00 bits per heavy atom. The van der Waals surface area contributed by atoms with Crippen LogP contribution < -0.4 is 5.32 Å². The highest BCUT2D eigenvalue weighted by molar-refractivity contribution is 7.99. The van der Waals surface area contributed by atoms with Crippen molar-refractivity contribution < 1.29 is 17.6 Å². The molecule has 0 unspecified atom stereocenters. The molecule has 0 aliphatic heterocycles. The van der Waals surface area contributed by atoms with Crippen molar-refractivity contribution in [1.29, 1.82) is 0 Å². The molecule has 1 heterocycles. The van der Waals surface area contributed by atoms with Gasteiger partial charge in [0.05, 0.1) is 4.90 Å². The van der Waals surface area contributed by atoms with E-state index in [9.17, 15) is 13.2 Å². The maximum absolute atomic E-state index is 13.2. The van der Waals surface area contributed by atoms with Crippen LogP contribution >= 0.6 is 11.8 Å². The molecule has 0 aliphatic rings. The first-order valence-electron chi connectivity index (χ1n) is 11.8. The monoisotopic (exact) mass is 536 g/mol. The van der Waals surface area contributed by atoms with E-state index in [1.54, 1.807) is 18.7 Å². The number of rotatable bonds is 10. The van der Waals surface area contributed by atoms with Gasteiger partial charge in [0.1, 0.15) is 0 Å². The van der Waals surface area contributed by atoms with Crippen molar-refractivity contribution in [2.75, 3.05) is 11.9 Å². The van der Waals surface area contributed by atoms with Crippen LogP contribution in [0.4, 0.5) is 6.01 Å². The van der Waals surface area contributed by atoms with Crippen LogP contribution in [0.15, 0.2) is 93.1 Å². The fraction of sp³-hybridized carbons (Fsp3) is 0.222. The average molecular weight is 537 g/mol. The fourth-order valence-electron chi connectivity index (χ4n) is 3.62. The lowest BCUT2D eigenvalue weighted by Crippen LogP contribution is -2.30. The van der Waals surface area contributed by atoms with E-state index >= 15 is 0 Å². The molecular formula is C27H28N4O4S2. The molecule has 4 rings (SSSR count). The number of nitrogens with zero attached hydrogens (tertiary/aromatic N) is 3. The third kappa shape index (κ3) is 6.65. The van der Waals surface area contributed by atoms with Gasteiger partial charge in [-0.1, -0.05) is 62.3 Å². The number of aromatic nitrogens is 2. The van der Waals surface area contributed by atoms with E-state index in [1.165, 1.54) is 28.6 Å². The Balaban J connectivity index is 1.44. The Bertz CT molecular complexity index is 1450. The third-order valence-corrected chi connectivity index (χ3v) is 8.34. The summed E-state index contributed by atoms with van der Waals surface area (Å²) in [5.74, 6) is -0.194. The molecule has 0 radical (unpaired) electrons. The molecule has 0 fully saturated rings. The van der Waals surface area contributed by atoms with Crippen molar-refractivity contribution in [1.82, 2.24) is 14.5 Å². The summed E-state index contributed by atoms with van der Waals surface area (Å²) in [6.07, 6.45) is 0. The number of anilines is 1. The van der Waals surface area contributed by atoms with Gasteiger partial charge in [-0.05, 0) is 48.0 Å². The minimum absolute atomic E-state index is 0.0429. The second-order valence-electron chi connectivity index (χ2n) is 8.50. The highest BCUT2D eigenvalue weighted by atomic mass is 32.2. The van der Waals surface area contributed by atoms with Gasteiger partial charge in [0.25, 0.3) is 5.91 Å². The molecule has 3 aromatic carbocycles. The Labute approximate surface area is 221 Å². The van der Waals surface area contributed by atoms with E-state index in [1.807, 2.05) is 54.6 Å². The smallest absolute Gasteiger partial charge is 0.322 e. The van der Waals surface area contributed by atoms with E-state index < -0.39 is 15.9 Å². The number of benzene rings is 3. The molecule has 192 valence electrons. The number of carbonyl (C=O) groups is 1. The van der Waals surface area contributed by atoms with Crippen molar-refractivity contribution in [3.8, 4) is 11.5 Å². The Hall–Kier alpha value is -3.47. The lowest BCUT2D eigenvalue weighted by molar-refractivity contribution is 0.102. The number of amides is 1. The van der Waals surface area contributed by atoms with Crippen molar-refractivity contribution in [3.05, 3.63) is 90.0 Å². The molecule has 0 atom stereocenters. The van der Waals surface area contributed by atoms with E-state index in [-0.39, 0.29) is 23.0 Å². The molecule has 0 aliphatic carbocycles. The topological polar surface area (TPSA) is 105 Å². The number of sulfonamides is 1. The number of nitrogens with one attached hydrogen (secondary N) is 1. The molecule has 1 aromatic heterocycles. The second kappa shape index (κ2) is 11.7. The normalized spacial score (nSPS) is 11.7. The van der Waals surface area contributed by atoms with Gasteiger partial charge in [-0.3, -0.25) is 10.1 Å². The largest absolute Gasteiger partial charge is 0.403 e. The summed E-state index contributed by atoms with van der Waals surface area (Å²) >= 11 is 1.72. The lowest BCUT2D eigenvalue weighted by Gasteiger charge is -2.20. The molecule has 37 heavy (non-hydrogen) atoms. The number of thioether (sulfide) groups is 1. The highest BCUT2D eigenvalue weighted by Gasteiger charge is 2.24. The summed E-state index contributed by atoms with van der Waals surface area (Å²) in [4.78, 5) is 13.9. The van der Waals surface area contributed by atoms with Crippen LogP contribution in [0.1, 0.15) is 36.7 Å². The van der Waals surface area contributed by atoms with Crippen molar-refractivity contribution in [2.45, 2.75) is 42.4 Å². The zero-order valence-corrected chi connectivity index (χ0v) is 22.4. The molecule has 4 aromatic rings. The highest BCUT2D eigenvalue weighted by Crippen LogP contribution is 2.28. The third-order valence-electron chi connectivity index (χ3n) is 5.41. The molecule has 10 heteroatoms. The summed E-state index contributed by atoms with van der Waals surface area (Å²) in [7, 11) is -3.73. The summed E-state index contributed by atoms with van der Waals surface area (Å²) in [5, 5.41) is 11.0. The van der Waals surface area contributed by atoms with Crippen LogP contribution in [0.2, 0.25) is 0 Å². The lowest BCUT2D eigenvalue weighted by atomic mass is 10.2. The van der Waals surface area contributed by atoms with Gasteiger partial charge < -0.3 is 4.42 Å². The van der Waals surface area contributed by atoms with Crippen molar-refractivity contribution >= 4 is 33.7 Å². The molecule has 0 saturated carbocycles. The van der Waals surface area contributed by atoms with Gasteiger partial charge in [-0.25, -0.2) is 8.42 Å². The average Bonchev–Trinajstić information content (AvgIpc) is 3.36. The first-order valence-corrected chi connectivity index (χ1v) is 14.1. The Morgan fingerprint density at radius 3 is 2.41 bits per heavy atom. The SMILES string of the molecule is CCN(Cc1ccccc1)S(=O)(=O)c1ccc(C(=O)Nc2nnc(-c3cccc(SC(C)C)c3)o2)cc1. The van der Waals surface area contributed by atoms with Crippen LogP contribution in [-0.2, 0) is 16.6 Å². The number of hydrogen-bond acceptors (Lipinski definition) is 7. The molecular weight excluding hydrogens is 508 g/mol. The van der Waals surface area contributed by atoms with Crippen LogP contribution in [-0.4, -0.2) is 40.6 Å². The zero-order valence-electron chi connectivity index (χ0n) is 20.8. The summed E-state index contributed by atoms with van der Waals surface area (Å²) < 4.78 is 33.3. The molecule has 8 nitrogen and oxygen atoms in total. The predicted molar refractivity (Wildman–Crippen MR) is 145 cm³/mol. The van der Waals surface area contributed by atoms with Gasteiger partial charge in [-0.15, -0.1) is 16.9 Å². The van der Waals surface area contributed by atoms with Crippen molar-refractivity contribution in [2.24, 2.45) is 0 Å². The minimum Gasteiger partial charge on any atom is -0.403 e. The number of hydrogen-bond donors (Lipinski definition) is 1. The predicted octanol–water partition coefficient (Wildman–Crippen LogP) is 5.70. The first-order chi connectivity index (χ1) is 17.8. The minimum atomic E-state index is -3.73. The molecule has 0 saturated heterocycles. The Kier molecular flexibility index (Phi) is 8.42. The van der Waals surface area contributed by atoms with E-state index in [0.29, 0.717) is 17.7 Å². The van der Waals surface area contributed by atoms with Crippen molar-refractivity contribution in [3.63, 3.8) is 0 Å². The summed E-state index contributed by atoms with van der Waals surface area (Å²) in [6.45, 7) is 6.60. The van der Waals surface area contributed by atoms with Crippen LogP contribution in [0.5, 0.6) is 0 Å². The van der Waals surface area contributed by atoms with E-state index in [4.69, 9.17) is 4.42 Å². The molecule has 1 amide bonds. The maximum atomic E-state index is 13.2. The maximum Gasteiger partial charge on any atom is 0.322 e. The van der Waals surface area contributed by atoms with Crippen LogP contribution in [0.3, 0.4) is 0 Å². The standard InChI is InChI=1S/C27H28N4O4S2/c1-4-31(18-20-9-6-5-7-10-20)37(33,34)24-15-13-21(14-16-24)25(32)28-27-30-29-26(35-27)22-11-8-12-23(17-22)36-19(2)3/h5-17,19H,4,18H2,1-3H3,(H,28,30,32). The van der Waals surface area contributed by atoms with Gasteiger partial charge in [0.15, 0.2) is 0 Å². The molecule has 0 spiro atoms. The van der Waals surface area contributed by atoms with Gasteiger partial charge >= 0.3 is 6.01 Å². The Morgan fingerprint density at radius 2 is 1.73 bits per heavy atom. The fourth-order valence-corrected chi connectivity index (χ4v) is 5.95. The van der Waals surface area contributed by atoms with Crippen LogP contribution in [0.25, 0.3) is 11.5 Å². The quantitative estimate of drug-likeness (QED) is 0.259. The van der Waals surface area contributed by atoms with Crippen LogP contribution in [0, 0.1) is 0 Å². The first kappa shape index (κ1) is 26.6. The van der Waals surface area contributed by atoms with Gasteiger partial charge in [-0.2, -0.15) is 4.31 Å². The second-order valence-corrected chi connectivity index (χ2v) is 12.1. The summed E-state index contributed by atoms with van der Waals surface area (Å²) in [5.41, 5.74) is 1.91. The van der Waals surface area contributed by atoms with E-state index in [0.717, 1.165) is 16.0 Å². The van der Waals surface area contributed by atoms with E-state index in [2.05, 4.69) is 29.4 Å². The molecule has 0 bridgehead atoms. The van der Waals surface area contributed by atoms with Gasteiger partial charge in [0, 0.05) is 34.4 Å².